The molecule has 0 aliphatic rings. The third kappa shape index (κ3) is 9.34. The molecular weight excluding hydrogens is 264 g/mol. The summed E-state index contributed by atoms with van der Waals surface area (Å²) in [6.45, 7) is 8.62. The van der Waals surface area contributed by atoms with Crippen LogP contribution in [0.3, 0.4) is 0 Å². The van der Waals surface area contributed by atoms with Gasteiger partial charge in [0.2, 0.25) is 0 Å². The van der Waals surface area contributed by atoms with Crippen molar-refractivity contribution in [2.45, 2.75) is 26.7 Å². The maximum absolute atomic E-state index is 11.9. The molecule has 0 aromatic rings. The first-order chi connectivity index (χ1) is 8.94. The lowest BCUT2D eigenvalue weighted by Gasteiger charge is -2.19. The van der Waals surface area contributed by atoms with E-state index < -0.39 is 10.2 Å². The van der Waals surface area contributed by atoms with Crippen LogP contribution in [-0.2, 0) is 10.2 Å². The fraction of sp³-hybridized carbons (Fsp3) is 1.00. The summed E-state index contributed by atoms with van der Waals surface area (Å²) in [4.78, 5) is 2.07. The van der Waals surface area contributed by atoms with Gasteiger partial charge in [0.15, 0.2) is 0 Å². The molecule has 6 nitrogen and oxygen atoms in total. The molecule has 0 radical (unpaired) electrons. The van der Waals surface area contributed by atoms with E-state index in [0.717, 1.165) is 39.0 Å². The predicted octanol–water partition coefficient (Wildman–Crippen LogP) is 0.0940. The average molecular weight is 294 g/mol. The molecule has 116 valence electrons. The number of nitrogens with one attached hydrogen (secondary N) is 2. The van der Waals surface area contributed by atoms with Crippen LogP contribution in [0.5, 0.6) is 0 Å². The smallest absolute Gasteiger partial charge is 0.279 e. The van der Waals surface area contributed by atoms with Gasteiger partial charge in [-0.05, 0) is 39.5 Å². The van der Waals surface area contributed by atoms with Crippen molar-refractivity contribution in [1.82, 2.24) is 19.2 Å². The minimum atomic E-state index is -3.33. The maximum atomic E-state index is 11.9. The quantitative estimate of drug-likeness (QED) is 0.501. The van der Waals surface area contributed by atoms with Crippen LogP contribution >= 0.6 is 0 Å². The van der Waals surface area contributed by atoms with Crippen molar-refractivity contribution in [3.8, 4) is 0 Å². The fourth-order valence-corrected chi connectivity index (χ4v) is 2.42. The van der Waals surface area contributed by atoms with Gasteiger partial charge in [-0.3, -0.25) is 0 Å². The maximum Gasteiger partial charge on any atom is 0.279 e. The Hall–Kier alpha value is -0.210. The summed E-state index contributed by atoms with van der Waals surface area (Å²) in [5.41, 5.74) is 0. The zero-order valence-corrected chi connectivity index (χ0v) is 13.6. The minimum Gasteiger partial charge on any atom is -0.317 e. The van der Waals surface area contributed by atoms with E-state index in [2.05, 4.69) is 21.9 Å². The molecule has 0 fully saturated rings. The second-order valence-electron chi connectivity index (χ2n) is 4.72. The average Bonchev–Trinajstić information content (AvgIpc) is 2.37. The Bertz CT molecular complexity index is 309. The first kappa shape index (κ1) is 18.8. The molecule has 0 saturated heterocycles. The van der Waals surface area contributed by atoms with Crippen LogP contribution in [0.1, 0.15) is 26.7 Å². The van der Waals surface area contributed by atoms with E-state index in [9.17, 15) is 8.42 Å². The number of likely N-dealkylation sites (N-methyl/N-ethyl adjacent to an activating group) is 1. The molecule has 0 rings (SSSR count). The summed E-state index contributed by atoms with van der Waals surface area (Å²) in [5.74, 6) is 0. The Morgan fingerprint density at radius 3 is 2.26 bits per heavy atom. The third-order valence-corrected chi connectivity index (χ3v) is 4.55. The van der Waals surface area contributed by atoms with E-state index in [4.69, 9.17) is 0 Å². The van der Waals surface area contributed by atoms with Gasteiger partial charge in [-0.1, -0.05) is 13.8 Å². The van der Waals surface area contributed by atoms with Crippen molar-refractivity contribution in [1.29, 1.82) is 0 Å². The fourth-order valence-electron chi connectivity index (χ4n) is 1.48. The molecule has 0 atom stereocenters. The summed E-state index contributed by atoms with van der Waals surface area (Å²) in [5, 5.41) is 3.26. The molecule has 0 aliphatic carbocycles. The van der Waals surface area contributed by atoms with Gasteiger partial charge in [0, 0.05) is 26.7 Å². The molecule has 19 heavy (non-hydrogen) atoms. The number of hydrogen-bond acceptors (Lipinski definition) is 4. The molecule has 0 amide bonds. The molecule has 0 aliphatic heterocycles. The Morgan fingerprint density at radius 2 is 1.68 bits per heavy atom. The van der Waals surface area contributed by atoms with Gasteiger partial charge in [0.25, 0.3) is 10.2 Å². The summed E-state index contributed by atoms with van der Waals surface area (Å²) in [6.07, 6.45) is 1.92. The number of rotatable bonds is 12. The summed E-state index contributed by atoms with van der Waals surface area (Å²) in [7, 11) is 0.258. The Balaban J connectivity index is 3.84. The van der Waals surface area contributed by atoms with Crippen LogP contribution in [0, 0.1) is 0 Å². The molecule has 0 unspecified atom stereocenters. The SMILES string of the molecule is CCCNCCCN(C)S(=O)(=O)NCCN(C)CC. The van der Waals surface area contributed by atoms with Crippen LogP contribution in [-0.4, -0.2) is 71.0 Å². The number of nitrogens with zero attached hydrogens (tertiary/aromatic N) is 2. The molecule has 0 heterocycles. The van der Waals surface area contributed by atoms with E-state index in [1.807, 2.05) is 14.0 Å². The zero-order chi connectivity index (χ0) is 14.7. The first-order valence-corrected chi connectivity index (χ1v) is 8.48. The summed E-state index contributed by atoms with van der Waals surface area (Å²) < 4.78 is 27.8. The van der Waals surface area contributed by atoms with Crippen LogP contribution in [0.15, 0.2) is 0 Å². The van der Waals surface area contributed by atoms with Gasteiger partial charge < -0.3 is 10.2 Å². The third-order valence-electron chi connectivity index (χ3n) is 2.98. The highest BCUT2D eigenvalue weighted by atomic mass is 32.2. The summed E-state index contributed by atoms with van der Waals surface area (Å²) in [6, 6.07) is 0. The van der Waals surface area contributed by atoms with E-state index in [0.29, 0.717) is 13.1 Å². The Kier molecular flexibility index (Phi) is 10.4. The molecule has 0 spiro atoms. The lowest BCUT2D eigenvalue weighted by atomic mass is 10.4. The lowest BCUT2D eigenvalue weighted by Crippen LogP contribution is -2.42. The van der Waals surface area contributed by atoms with E-state index in [-0.39, 0.29) is 0 Å². The zero-order valence-electron chi connectivity index (χ0n) is 12.8. The Labute approximate surface area is 118 Å². The van der Waals surface area contributed by atoms with Gasteiger partial charge in [-0.2, -0.15) is 12.7 Å². The highest BCUT2D eigenvalue weighted by molar-refractivity contribution is 7.87. The van der Waals surface area contributed by atoms with Gasteiger partial charge in [0.1, 0.15) is 0 Å². The molecule has 0 saturated carbocycles. The molecular formula is C12H30N4O2S. The predicted molar refractivity (Wildman–Crippen MR) is 80.5 cm³/mol. The topological polar surface area (TPSA) is 64.7 Å². The lowest BCUT2D eigenvalue weighted by molar-refractivity contribution is 0.355. The van der Waals surface area contributed by atoms with Gasteiger partial charge in [0.05, 0.1) is 0 Å². The standard InChI is InChI=1S/C12H30N4O2S/c1-5-8-13-9-7-11-16(4)19(17,18)14-10-12-15(3)6-2/h13-14H,5-12H2,1-4H3. The largest absolute Gasteiger partial charge is 0.317 e. The van der Waals surface area contributed by atoms with Gasteiger partial charge >= 0.3 is 0 Å². The second-order valence-corrected chi connectivity index (χ2v) is 6.58. The van der Waals surface area contributed by atoms with Crippen molar-refractivity contribution in [2.75, 3.05) is 53.4 Å². The van der Waals surface area contributed by atoms with Crippen LogP contribution in [0.25, 0.3) is 0 Å². The van der Waals surface area contributed by atoms with E-state index >= 15 is 0 Å². The van der Waals surface area contributed by atoms with E-state index in [1.165, 1.54) is 4.31 Å². The van der Waals surface area contributed by atoms with E-state index in [1.54, 1.807) is 7.05 Å². The molecule has 0 bridgehead atoms. The van der Waals surface area contributed by atoms with Gasteiger partial charge in [-0.15, -0.1) is 0 Å². The van der Waals surface area contributed by atoms with Crippen molar-refractivity contribution >= 4 is 10.2 Å². The highest BCUT2D eigenvalue weighted by Crippen LogP contribution is 1.95. The molecule has 2 N–H and O–H groups in total. The van der Waals surface area contributed by atoms with Crippen LogP contribution in [0.4, 0.5) is 0 Å². The van der Waals surface area contributed by atoms with Crippen molar-refractivity contribution in [3.63, 3.8) is 0 Å². The summed E-state index contributed by atoms with van der Waals surface area (Å²) >= 11 is 0. The van der Waals surface area contributed by atoms with Crippen molar-refractivity contribution in [2.24, 2.45) is 0 Å². The van der Waals surface area contributed by atoms with Crippen molar-refractivity contribution < 1.29 is 8.42 Å². The number of hydrogen-bond donors (Lipinski definition) is 2. The second kappa shape index (κ2) is 10.6. The normalized spacial score (nSPS) is 12.5. The highest BCUT2D eigenvalue weighted by Gasteiger charge is 2.16. The molecule has 0 aromatic carbocycles. The molecule has 0 aromatic heterocycles. The molecule has 7 heteroatoms. The van der Waals surface area contributed by atoms with Crippen molar-refractivity contribution in [3.05, 3.63) is 0 Å². The van der Waals surface area contributed by atoms with Gasteiger partial charge in [-0.25, -0.2) is 4.72 Å². The minimum absolute atomic E-state index is 0.450. The Morgan fingerprint density at radius 1 is 1.00 bits per heavy atom. The monoisotopic (exact) mass is 294 g/mol. The first-order valence-electron chi connectivity index (χ1n) is 7.04. The van der Waals surface area contributed by atoms with Crippen LogP contribution < -0.4 is 10.0 Å². The van der Waals surface area contributed by atoms with Crippen LogP contribution in [0.2, 0.25) is 0 Å².